The SMILES string of the molecule is O=C1CC23CC4CC(C2)CC(CC(=O)O[C@@H]2CC[C@@H]5[C@H]6C[C@H]([C@H]7[C@@H]6[C@@H]6[C@@H]8C[C@H]([C@@H]67)[C@H]6[C@@H]8CC[C@H]6O1)[C@@H]52)(C4)C3. The molecule has 14 atom stereocenters. The molecule has 204 valence electrons. The van der Waals surface area contributed by atoms with Crippen LogP contribution in [0.5, 0.6) is 0 Å². The van der Waals surface area contributed by atoms with Crippen molar-refractivity contribution in [3.8, 4) is 0 Å². The molecule has 1 saturated heterocycles. The number of carbonyl (C=O) groups excluding carboxylic acids is 2. The van der Waals surface area contributed by atoms with E-state index >= 15 is 0 Å². The van der Waals surface area contributed by atoms with Gasteiger partial charge in [0, 0.05) is 11.8 Å². The van der Waals surface area contributed by atoms with E-state index in [1.165, 1.54) is 57.8 Å². The van der Waals surface area contributed by atoms with E-state index in [4.69, 9.17) is 9.47 Å². The molecular weight excluding hydrogens is 472 g/mol. The van der Waals surface area contributed by atoms with Crippen molar-refractivity contribution in [2.24, 2.45) is 93.7 Å². The third-order valence-electron chi connectivity index (χ3n) is 16.3. The van der Waals surface area contributed by atoms with Gasteiger partial charge >= 0.3 is 11.9 Å². The molecule has 11 aliphatic carbocycles. The average Bonchev–Trinajstić information content (AvgIpc) is 3.62. The van der Waals surface area contributed by atoms with Crippen molar-refractivity contribution in [3.63, 3.8) is 0 Å². The predicted octanol–water partition coefficient (Wildman–Crippen LogP) is 6.02. The Labute approximate surface area is 226 Å². The molecule has 12 rings (SSSR count). The molecule has 4 heteroatoms. The summed E-state index contributed by atoms with van der Waals surface area (Å²) in [5, 5.41) is 0. The molecule has 0 aromatic rings. The van der Waals surface area contributed by atoms with Gasteiger partial charge in [-0.1, -0.05) is 0 Å². The Bertz CT molecular complexity index is 1050. The summed E-state index contributed by atoms with van der Waals surface area (Å²) in [5.41, 5.74) is 0.176. The molecule has 2 spiro atoms. The van der Waals surface area contributed by atoms with Crippen molar-refractivity contribution >= 4 is 11.9 Å². The minimum Gasteiger partial charge on any atom is -0.462 e. The molecule has 12 fully saturated rings. The van der Waals surface area contributed by atoms with E-state index < -0.39 is 0 Å². The number of esters is 2. The first-order valence-corrected chi connectivity index (χ1v) is 16.9. The summed E-state index contributed by atoms with van der Waals surface area (Å²) in [6, 6.07) is 0. The van der Waals surface area contributed by atoms with Gasteiger partial charge in [-0.2, -0.15) is 0 Å². The van der Waals surface area contributed by atoms with E-state index in [-0.39, 0.29) is 35.0 Å². The molecular formula is C34H44O4. The molecule has 12 aliphatic rings. The van der Waals surface area contributed by atoms with Gasteiger partial charge in [-0.05, 0) is 159 Å². The van der Waals surface area contributed by atoms with Gasteiger partial charge in [-0.15, -0.1) is 0 Å². The van der Waals surface area contributed by atoms with Crippen molar-refractivity contribution in [3.05, 3.63) is 0 Å². The van der Waals surface area contributed by atoms with E-state index in [0.717, 1.165) is 78.4 Å². The maximum atomic E-state index is 13.7. The molecule has 8 bridgehead atoms. The van der Waals surface area contributed by atoms with Gasteiger partial charge in [0.25, 0.3) is 0 Å². The number of fused-ring (bicyclic) bond motifs is 7. The summed E-state index contributed by atoms with van der Waals surface area (Å²) >= 11 is 0. The Morgan fingerprint density at radius 3 is 1.42 bits per heavy atom. The number of hydrogen-bond donors (Lipinski definition) is 0. The molecule has 0 N–H and O–H groups in total. The van der Waals surface area contributed by atoms with E-state index in [1.54, 1.807) is 0 Å². The maximum absolute atomic E-state index is 13.7. The number of rotatable bonds is 0. The highest BCUT2D eigenvalue weighted by Crippen LogP contribution is 2.82. The minimum absolute atomic E-state index is 0.0879. The molecule has 1 heterocycles. The van der Waals surface area contributed by atoms with Crippen molar-refractivity contribution in [2.45, 2.75) is 102 Å². The first-order chi connectivity index (χ1) is 18.5. The van der Waals surface area contributed by atoms with Crippen LogP contribution in [0.2, 0.25) is 0 Å². The van der Waals surface area contributed by atoms with Gasteiger partial charge in [-0.25, -0.2) is 0 Å². The summed E-state index contributed by atoms with van der Waals surface area (Å²) in [5.74, 6) is 11.9. The normalized spacial score (nSPS) is 67.3. The van der Waals surface area contributed by atoms with E-state index in [1.807, 2.05) is 0 Å². The van der Waals surface area contributed by atoms with Crippen LogP contribution in [0.1, 0.15) is 89.9 Å². The summed E-state index contributed by atoms with van der Waals surface area (Å²) < 4.78 is 13.1. The van der Waals surface area contributed by atoms with Gasteiger partial charge in [0.2, 0.25) is 0 Å². The van der Waals surface area contributed by atoms with Crippen LogP contribution in [0, 0.1) is 93.7 Å². The Morgan fingerprint density at radius 1 is 0.500 bits per heavy atom. The molecule has 11 saturated carbocycles. The summed E-state index contributed by atoms with van der Waals surface area (Å²) in [6.07, 6.45) is 16.6. The van der Waals surface area contributed by atoms with Crippen LogP contribution in [-0.4, -0.2) is 24.1 Å². The highest BCUT2D eigenvalue weighted by Gasteiger charge is 2.78. The smallest absolute Gasteiger partial charge is 0.306 e. The van der Waals surface area contributed by atoms with Crippen LogP contribution in [0.3, 0.4) is 0 Å². The molecule has 1 aliphatic heterocycles. The average molecular weight is 517 g/mol. The first-order valence-electron chi connectivity index (χ1n) is 16.9. The summed E-state index contributed by atoms with van der Waals surface area (Å²) in [4.78, 5) is 27.4. The van der Waals surface area contributed by atoms with Gasteiger partial charge in [0.1, 0.15) is 12.2 Å². The first kappa shape index (κ1) is 21.7. The second kappa shape index (κ2) is 6.70. The molecule has 0 radical (unpaired) electrons. The highest BCUT2D eigenvalue weighted by molar-refractivity contribution is 5.72. The quantitative estimate of drug-likeness (QED) is 0.370. The van der Waals surface area contributed by atoms with E-state index in [9.17, 15) is 9.59 Å². The molecule has 0 aromatic heterocycles. The molecule has 0 aromatic carbocycles. The van der Waals surface area contributed by atoms with Gasteiger partial charge in [0.05, 0.1) is 12.8 Å². The summed E-state index contributed by atoms with van der Waals surface area (Å²) in [6.45, 7) is 0. The van der Waals surface area contributed by atoms with Crippen LogP contribution in [0.25, 0.3) is 0 Å². The Hall–Kier alpha value is -1.06. The summed E-state index contributed by atoms with van der Waals surface area (Å²) in [7, 11) is 0. The molecule has 0 unspecified atom stereocenters. The fourth-order valence-electron chi connectivity index (χ4n) is 16.8. The topological polar surface area (TPSA) is 52.6 Å². The van der Waals surface area contributed by atoms with Crippen LogP contribution < -0.4 is 0 Å². The highest BCUT2D eigenvalue weighted by atomic mass is 16.5. The Kier molecular flexibility index (Phi) is 3.82. The lowest BCUT2D eigenvalue weighted by Crippen LogP contribution is -2.59. The van der Waals surface area contributed by atoms with Crippen LogP contribution >= 0.6 is 0 Å². The largest absolute Gasteiger partial charge is 0.462 e. The lowest BCUT2D eigenvalue weighted by molar-refractivity contribution is -0.174. The monoisotopic (exact) mass is 516 g/mol. The van der Waals surface area contributed by atoms with Crippen LogP contribution in [-0.2, 0) is 19.1 Å². The van der Waals surface area contributed by atoms with Crippen molar-refractivity contribution in [1.29, 1.82) is 0 Å². The third-order valence-corrected chi connectivity index (χ3v) is 16.3. The number of carbonyl (C=O) groups is 2. The fourth-order valence-corrected chi connectivity index (χ4v) is 16.8. The molecule has 38 heavy (non-hydrogen) atoms. The van der Waals surface area contributed by atoms with Crippen molar-refractivity contribution in [2.75, 3.05) is 0 Å². The van der Waals surface area contributed by atoms with Crippen molar-refractivity contribution < 1.29 is 19.1 Å². The van der Waals surface area contributed by atoms with E-state index in [2.05, 4.69) is 0 Å². The van der Waals surface area contributed by atoms with Crippen LogP contribution in [0.15, 0.2) is 0 Å². The second-order valence-electron chi connectivity index (χ2n) is 17.4. The molecule has 4 nitrogen and oxygen atoms in total. The maximum Gasteiger partial charge on any atom is 0.306 e. The zero-order valence-corrected chi connectivity index (χ0v) is 22.8. The zero-order valence-electron chi connectivity index (χ0n) is 22.8. The third kappa shape index (κ3) is 2.42. The predicted molar refractivity (Wildman–Crippen MR) is 138 cm³/mol. The number of ether oxygens (including phenoxy) is 2. The molecule has 0 amide bonds. The van der Waals surface area contributed by atoms with Gasteiger partial charge < -0.3 is 9.47 Å². The number of hydrogen-bond acceptors (Lipinski definition) is 4. The fraction of sp³-hybridized carbons (Fsp3) is 0.941. The van der Waals surface area contributed by atoms with Crippen LogP contribution in [0.4, 0.5) is 0 Å². The Balaban J connectivity index is 0.985. The zero-order chi connectivity index (χ0) is 24.7. The Morgan fingerprint density at radius 2 is 0.947 bits per heavy atom. The van der Waals surface area contributed by atoms with Crippen molar-refractivity contribution in [1.82, 2.24) is 0 Å². The second-order valence-corrected chi connectivity index (χ2v) is 17.4. The standard InChI is InChI=1S/C34H44O4/c35-25-12-33-8-15-5-16(9-33)11-34(10-15,14-33)13-26(36)38-24-4-2-18-20-7-22(28(18)24)32-30(20)29-19-6-21(31(29)32)27-17(19)1-3-23(27)37-25/h15-24,27-32H,1-14H2/t15?,16?,17-,18-,19-,20-,21+,22+,23-,24-,27-,28-,29+,30+,31+,32+,33?,34?/m1/s1. The van der Waals surface area contributed by atoms with Gasteiger partial charge in [-0.3, -0.25) is 9.59 Å². The minimum atomic E-state index is 0.0879. The van der Waals surface area contributed by atoms with E-state index in [0.29, 0.717) is 36.5 Å². The van der Waals surface area contributed by atoms with Gasteiger partial charge in [0.15, 0.2) is 0 Å². The lowest BCUT2D eigenvalue weighted by atomic mass is 9.43. The lowest BCUT2D eigenvalue weighted by Gasteiger charge is -2.62.